The molecule has 0 spiro atoms. The van der Waals surface area contributed by atoms with Crippen LogP contribution in [-0.2, 0) is 6.54 Å². The predicted molar refractivity (Wildman–Crippen MR) is 111 cm³/mol. The summed E-state index contributed by atoms with van der Waals surface area (Å²) >= 11 is 1.80. The molecule has 1 aromatic carbocycles. The van der Waals surface area contributed by atoms with Gasteiger partial charge in [-0.3, -0.25) is 9.89 Å². The molecule has 0 bridgehead atoms. The molecule has 27 heavy (non-hydrogen) atoms. The van der Waals surface area contributed by atoms with E-state index in [9.17, 15) is 9.50 Å². The van der Waals surface area contributed by atoms with Crippen LogP contribution in [0.25, 0.3) is 0 Å². The summed E-state index contributed by atoms with van der Waals surface area (Å²) < 4.78 is 13.0. The maximum atomic E-state index is 13.0. The molecule has 0 radical (unpaired) electrons. The number of aliphatic imine (C=N–C) groups is 1. The number of aliphatic hydroxyl groups is 1. The van der Waals surface area contributed by atoms with Crippen molar-refractivity contribution in [2.45, 2.75) is 44.4 Å². The van der Waals surface area contributed by atoms with Crippen molar-refractivity contribution in [3.05, 3.63) is 35.6 Å². The van der Waals surface area contributed by atoms with E-state index in [1.54, 1.807) is 11.8 Å². The molecule has 7 heteroatoms. The van der Waals surface area contributed by atoms with E-state index in [1.165, 1.54) is 12.1 Å². The van der Waals surface area contributed by atoms with Crippen molar-refractivity contribution >= 4 is 17.7 Å². The predicted octanol–water partition coefficient (Wildman–Crippen LogP) is 2.21. The van der Waals surface area contributed by atoms with E-state index in [0.717, 1.165) is 68.5 Å². The number of hydrogen-bond acceptors (Lipinski definition) is 4. The first-order chi connectivity index (χ1) is 13.1. The van der Waals surface area contributed by atoms with Crippen LogP contribution in [0.3, 0.4) is 0 Å². The molecule has 3 N–H and O–H groups in total. The van der Waals surface area contributed by atoms with Crippen molar-refractivity contribution < 1.29 is 9.50 Å². The molecule has 0 aliphatic carbocycles. The number of guanidine groups is 1. The number of nitrogens with zero attached hydrogens (tertiary/aromatic N) is 2. The third-order valence-electron chi connectivity index (χ3n) is 5.21. The largest absolute Gasteiger partial charge is 0.387 e. The van der Waals surface area contributed by atoms with Crippen molar-refractivity contribution in [2.24, 2.45) is 4.99 Å². The van der Waals surface area contributed by atoms with Gasteiger partial charge in [-0.05, 0) is 49.6 Å². The highest BCUT2D eigenvalue weighted by molar-refractivity contribution is 7.99. The highest BCUT2D eigenvalue weighted by atomic mass is 32.2. The van der Waals surface area contributed by atoms with Gasteiger partial charge in [0.25, 0.3) is 0 Å². The molecule has 1 aromatic rings. The second-order valence-electron chi connectivity index (χ2n) is 7.54. The fraction of sp³-hybridized carbons (Fsp3) is 0.650. The van der Waals surface area contributed by atoms with Gasteiger partial charge in [-0.15, -0.1) is 0 Å². The lowest BCUT2D eigenvalue weighted by atomic mass is 10.0. The third-order valence-corrected chi connectivity index (χ3v) is 6.44. The van der Waals surface area contributed by atoms with Crippen LogP contribution >= 0.6 is 11.8 Å². The van der Waals surface area contributed by atoms with Crippen LogP contribution < -0.4 is 10.6 Å². The van der Waals surface area contributed by atoms with Gasteiger partial charge in [0, 0.05) is 38.0 Å². The maximum Gasteiger partial charge on any atom is 0.191 e. The number of halogens is 1. The topological polar surface area (TPSA) is 59.9 Å². The summed E-state index contributed by atoms with van der Waals surface area (Å²) in [6, 6.07) is 7.17. The van der Waals surface area contributed by atoms with Gasteiger partial charge in [-0.2, -0.15) is 11.8 Å². The van der Waals surface area contributed by atoms with Crippen molar-refractivity contribution in [1.29, 1.82) is 0 Å². The molecule has 0 saturated carbocycles. The average molecular weight is 395 g/mol. The van der Waals surface area contributed by atoms with E-state index >= 15 is 0 Å². The Morgan fingerprint density at radius 2 is 2.07 bits per heavy atom. The van der Waals surface area contributed by atoms with Crippen LogP contribution in [-0.4, -0.2) is 65.3 Å². The monoisotopic (exact) mass is 394 g/mol. The normalized spacial score (nSPS) is 24.9. The summed E-state index contributed by atoms with van der Waals surface area (Å²) in [5, 5.41) is 17.3. The fourth-order valence-corrected chi connectivity index (χ4v) is 4.83. The number of piperidine rings is 1. The molecular weight excluding hydrogens is 363 g/mol. The third kappa shape index (κ3) is 6.36. The quantitative estimate of drug-likeness (QED) is 0.510. The van der Waals surface area contributed by atoms with Gasteiger partial charge in [0.1, 0.15) is 5.82 Å². The minimum absolute atomic E-state index is 0.183. The summed E-state index contributed by atoms with van der Waals surface area (Å²) in [6.07, 6.45) is 2.92. The van der Waals surface area contributed by atoms with E-state index in [0.29, 0.717) is 12.6 Å². The number of nitrogens with one attached hydrogen (secondary N) is 2. The average Bonchev–Trinajstić information content (AvgIpc) is 3.10. The second kappa shape index (κ2) is 9.75. The van der Waals surface area contributed by atoms with Crippen LogP contribution in [0.4, 0.5) is 4.39 Å². The molecule has 5 nitrogen and oxygen atoms in total. The fourth-order valence-electron chi connectivity index (χ4n) is 3.54. The number of hydrogen-bond donors (Lipinski definition) is 3. The van der Waals surface area contributed by atoms with E-state index in [2.05, 4.69) is 27.4 Å². The van der Waals surface area contributed by atoms with Crippen molar-refractivity contribution in [3.8, 4) is 0 Å². The van der Waals surface area contributed by atoms with Crippen molar-refractivity contribution in [2.75, 3.05) is 37.7 Å². The van der Waals surface area contributed by atoms with Crippen LogP contribution in [0.2, 0.25) is 0 Å². The number of likely N-dealkylation sites (tertiary alicyclic amines) is 1. The summed E-state index contributed by atoms with van der Waals surface area (Å²) in [4.78, 5) is 7.05. The van der Waals surface area contributed by atoms with Gasteiger partial charge in [0.05, 0.1) is 12.1 Å². The molecule has 3 rings (SSSR count). The van der Waals surface area contributed by atoms with Gasteiger partial charge < -0.3 is 15.7 Å². The van der Waals surface area contributed by atoms with Crippen LogP contribution in [0.5, 0.6) is 0 Å². The SMILES string of the molecule is CCNC(=NCC1(O)CCSC1)NC1CCN(Cc2ccc(F)cc2)CC1. The maximum absolute atomic E-state index is 13.0. The van der Waals surface area contributed by atoms with E-state index in [1.807, 2.05) is 12.1 Å². The zero-order chi connectivity index (χ0) is 19.1. The van der Waals surface area contributed by atoms with E-state index < -0.39 is 5.60 Å². The zero-order valence-electron chi connectivity index (χ0n) is 16.1. The first-order valence-corrected chi connectivity index (χ1v) is 11.0. The van der Waals surface area contributed by atoms with E-state index in [-0.39, 0.29) is 5.82 Å². The first kappa shape index (κ1) is 20.4. The Hall–Kier alpha value is -1.31. The molecule has 2 saturated heterocycles. The lowest BCUT2D eigenvalue weighted by molar-refractivity contribution is 0.0778. The summed E-state index contributed by atoms with van der Waals surface area (Å²) in [6.45, 7) is 6.21. The molecule has 0 aromatic heterocycles. The highest BCUT2D eigenvalue weighted by Crippen LogP contribution is 2.27. The minimum Gasteiger partial charge on any atom is -0.387 e. The van der Waals surface area contributed by atoms with Crippen molar-refractivity contribution in [3.63, 3.8) is 0 Å². The Bertz CT molecular complexity index is 611. The lowest BCUT2D eigenvalue weighted by Crippen LogP contribution is -2.49. The van der Waals surface area contributed by atoms with Gasteiger partial charge >= 0.3 is 0 Å². The van der Waals surface area contributed by atoms with Crippen LogP contribution in [0, 0.1) is 5.82 Å². The summed E-state index contributed by atoms with van der Waals surface area (Å²) in [7, 11) is 0. The van der Waals surface area contributed by atoms with Gasteiger partial charge in [0.15, 0.2) is 5.96 Å². The Morgan fingerprint density at radius 1 is 1.33 bits per heavy atom. The zero-order valence-corrected chi connectivity index (χ0v) is 16.9. The molecule has 2 aliphatic heterocycles. The standard InChI is InChI=1S/C20H31FN4OS/c1-2-22-19(23-14-20(26)9-12-27-15-20)24-18-7-10-25(11-8-18)13-16-3-5-17(21)6-4-16/h3-6,18,26H,2,7-15H2,1H3,(H2,22,23,24). The summed E-state index contributed by atoms with van der Waals surface area (Å²) in [5.74, 6) is 2.41. The Kier molecular flexibility index (Phi) is 7.38. The molecule has 2 fully saturated rings. The Morgan fingerprint density at radius 3 is 2.70 bits per heavy atom. The van der Waals surface area contributed by atoms with Gasteiger partial charge in [-0.1, -0.05) is 12.1 Å². The molecule has 1 atom stereocenters. The molecule has 150 valence electrons. The first-order valence-electron chi connectivity index (χ1n) is 9.88. The van der Waals surface area contributed by atoms with E-state index in [4.69, 9.17) is 0 Å². The molecule has 2 aliphatic rings. The molecular formula is C20H31FN4OS. The van der Waals surface area contributed by atoms with Crippen LogP contribution in [0.15, 0.2) is 29.3 Å². The van der Waals surface area contributed by atoms with Crippen LogP contribution in [0.1, 0.15) is 31.7 Å². The smallest absolute Gasteiger partial charge is 0.191 e. The minimum atomic E-state index is -0.647. The van der Waals surface area contributed by atoms with Crippen molar-refractivity contribution in [1.82, 2.24) is 15.5 Å². The number of rotatable bonds is 6. The molecule has 0 amide bonds. The Labute approximate surface area is 165 Å². The number of thioether (sulfide) groups is 1. The number of benzene rings is 1. The van der Waals surface area contributed by atoms with Gasteiger partial charge in [0.2, 0.25) is 0 Å². The summed E-state index contributed by atoms with van der Waals surface area (Å²) in [5.41, 5.74) is 0.506. The van der Waals surface area contributed by atoms with Gasteiger partial charge in [-0.25, -0.2) is 4.39 Å². The molecule has 1 unspecified atom stereocenters. The molecule has 2 heterocycles. The highest BCUT2D eigenvalue weighted by Gasteiger charge is 2.31. The lowest BCUT2D eigenvalue weighted by Gasteiger charge is -2.33. The Balaban J connectivity index is 1.46. The second-order valence-corrected chi connectivity index (χ2v) is 8.65.